The molecule has 0 aliphatic rings. The predicted octanol–water partition coefficient (Wildman–Crippen LogP) is 3.45. The minimum absolute atomic E-state index is 0.179. The molecule has 0 unspecified atom stereocenters. The normalized spacial score (nSPS) is 11.1. The lowest BCUT2D eigenvalue weighted by Crippen LogP contribution is -2.41. The van der Waals surface area contributed by atoms with Gasteiger partial charge < -0.3 is 25.2 Å². The largest absolute Gasteiger partial charge is 0.444 e. The first-order valence-corrected chi connectivity index (χ1v) is 11.4. The Morgan fingerprint density at radius 1 is 1.06 bits per heavy atom. The van der Waals surface area contributed by atoms with Gasteiger partial charge in [-0.15, -0.1) is 11.3 Å². The minimum Gasteiger partial charge on any atom is -0.444 e. The van der Waals surface area contributed by atoms with Gasteiger partial charge in [0.2, 0.25) is 0 Å². The van der Waals surface area contributed by atoms with Gasteiger partial charge in [-0.05, 0) is 46.5 Å². The van der Waals surface area contributed by atoms with Crippen LogP contribution in [0.3, 0.4) is 0 Å². The number of aromatic nitrogens is 1. The van der Waals surface area contributed by atoms with Crippen LogP contribution in [0.15, 0.2) is 29.1 Å². The molecular weight excluding hydrogens is 444 g/mol. The van der Waals surface area contributed by atoms with Crippen molar-refractivity contribution in [2.24, 2.45) is 0 Å². The van der Waals surface area contributed by atoms with Crippen LogP contribution in [-0.4, -0.2) is 72.6 Å². The van der Waals surface area contributed by atoms with Crippen molar-refractivity contribution in [2.45, 2.75) is 32.9 Å². The summed E-state index contributed by atoms with van der Waals surface area (Å²) in [5, 5.41) is 11.5. The third-order valence-electron chi connectivity index (χ3n) is 4.29. The third kappa shape index (κ3) is 8.70. The Morgan fingerprint density at radius 2 is 1.73 bits per heavy atom. The van der Waals surface area contributed by atoms with Gasteiger partial charge in [-0.2, -0.15) is 0 Å². The Kier molecular flexibility index (Phi) is 9.18. The number of likely N-dealkylation sites (N-methyl/N-ethyl adjacent to an activating group) is 1. The van der Waals surface area contributed by atoms with Crippen molar-refractivity contribution in [3.8, 4) is 0 Å². The minimum atomic E-state index is -0.630. The third-order valence-corrected chi connectivity index (χ3v) is 5.04. The van der Waals surface area contributed by atoms with Crippen molar-refractivity contribution in [1.29, 1.82) is 0 Å². The van der Waals surface area contributed by atoms with E-state index in [1.807, 2.05) is 19.0 Å². The zero-order chi connectivity index (χ0) is 24.6. The summed E-state index contributed by atoms with van der Waals surface area (Å²) in [6.45, 7) is 6.97. The molecule has 0 bridgehead atoms. The number of thiophene rings is 1. The number of hydrogen-bond acceptors (Lipinski definition) is 7. The van der Waals surface area contributed by atoms with Crippen molar-refractivity contribution in [3.63, 3.8) is 0 Å². The second-order valence-corrected chi connectivity index (χ2v) is 9.36. The molecule has 2 heterocycles. The fraction of sp³-hybridized carbons (Fsp3) is 0.455. The number of ether oxygens (including phenoxy) is 1. The Balaban J connectivity index is 2.01. The number of carbonyl (C=O) groups is 3. The van der Waals surface area contributed by atoms with Crippen LogP contribution in [0.2, 0.25) is 0 Å². The van der Waals surface area contributed by atoms with Crippen molar-refractivity contribution in [1.82, 2.24) is 20.1 Å². The van der Waals surface area contributed by atoms with Crippen LogP contribution >= 0.6 is 11.3 Å². The first-order valence-electron chi connectivity index (χ1n) is 10.4. The molecule has 0 spiro atoms. The molecule has 33 heavy (non-hydrogen) atoms. The van der Waals surface area contributed by atoms with E-state index in [2.05, 4.69) is 20.9 Å². The van der Waals surface area contributed by atoms with E-state index in [1.165, 1.54) is 11.3 Å². The Hall–Kier alpha value is -3.18. The fourth-order valence-corrected chi connectivity index (χ4v) is 3.41. The van der Waals surface area contributed by atoms with Crippen LogP contribution in [0, 0.1) is 0 Å². The van der Waals surface area contributed by atoms with E-state index >= 15 is 0 Å². The second-order valence-electron chi connectivity index (χ2n) is 8.61. The molecule has 0 atom stereocenters. The van der Waals surface area contributed by atoms with Crippen LogP contribution in [-0.2, 0) is 11.3 Å². The van der Waals surface area contributed by atoms with Crippen LogP contribution in [0.1, 0.15) is 36.8 Å². The van der Waals surface area contributed by atoms with Gasteiger partial charge in [0.05, 0.1) is 11.4 Å². The Morgan fingerprint density at radius 3 is 2.27 bits per heavy atom. The van der Waals surface area contributed by atoms with E-state index in [1.54, 1.807) is 61.8 Å². The number of amides is 4. The van der Waals surface area contributed by atoms with Crippen LogP contribution in [0.4, 0.5) is 21.0 Å². The number of hydrogen-bond donors (Lipinski definition) is 3. The predicted molar refractivity (Wildman–Crippen MR) is 130 cm³/mol. The maximum atomic E-state index is 12.7. The molecule has 0 aliphatic carbocycles. The maximum Gasteiger partial charge on any atom is 0.412 e. The molecule has 11 heteroatoms. The zero-order valence-corrected chi connectivity index (χ0v) is 20.7. The number of nitrogens with one attached hydrogen (secondary N) is 3. The molecule has 0 fully saturated rings. The molecule has 180 valence electrons. The maximum absolute atomic E-state index is 12.7. The SMILES string of the molecule is CNC(=O)N(CCN(C)C)Cc1ccc(C(=O)Nc2cscc2NC(=O)OC(C)(C)C)nc1. The molecular formula is C22H32N6O4S. The highest BCUT2D eigenvalue weighted by atomic mass is 32.1. The quantitative estimate of drug-likeness (QED) is 0.537. The monoisotopic (exact) mass is 476 g/mol. The van der Waals surface area contributed by atoms with E-state index in [9.17, 15) is 14.4 Å². The van der Waals surface area contributed by atoms with Gasteiger partial charge in [0.25, 0.3) is 5.91 Å². The molecule has 0 saturated carbocycles. The highest BCUT2D eigenvalue weighted by molar-refractivity contribution is 7.09. The number of rotatable bonds is 8. The van der Waals surface area contributed by atoms with Crippen molar-refractivity contribution in [3.05, 3.63) is 40.3 Å². The smallest absolute Gasteiger partial charge is 0.412 e. The zero-order valence-electron chi connectivity index (χ0n) is 19.9. The second kappa shape index (κ2) is 11.6. The highest BCUT2D eigenvalue weighted by Gasteiger charge is 2.19. The first kappa shape index (κ1) is 26.1. The van der Waals surface area contributed by atoms with Gasteiger partial charge in [-0.1, -0.05) is 6.07 Å². The van der Waals surface area contributed by atoms with Gasteiger partial charge in [0.1, 0.15) is 11.3 Å². The van der Waals surface area contributed by atoms with Crippen molar-refractivity contribution < 1.29 is 19.1 Å². The lowest BCUT2D eigenvalue weighted by atomic mass is 10.2. The molecule has 0 aliphatic heterocycles. The lowest BCUT2D eigenvalue weighted by Gasteiger charge is -2.24. The van der Waals surface area contributed by atoms with Gasteiger partial charge in [-0.25, -0.2) is 9.59 Å². The average molecular weight is 477 g/mol. The number of nitrogens with zero attached hydrogens (tertiary/aromatic N) is 3. The van der Waals surface area contributed by atoms with E-state index in [-0.39, 0.29) is 11.7 Å². The van der Waals surface area contributed by atoms with E-state index < -0.39 is 17.6 Å². The first-order chi connectivity index (χ1) is 15.5. The molecule has 2 aromatic rings. The molecule has 3 N–H and O–H groups in total. The number of carbonyl (C=O) groups excluding carboxylic acids is 3. The van der Waals surface area contributed by atoms with E-state index in [0.717, 1.165) is 12.1 Å². The Bertz CT molecular complexity index is 953. The molecule has 2 aromatic heterocycles. The topological polar surface area (TPSA) is 116 Å². The number of urea groups is 1. The van der Waals surface area contributed by atoms with Gasteiger partial charge in [-0.3, -0.25) is 15.1 Å². The van der Waals surface area contributed by atoms with Crippen molar-refractivity contribution in [2.75, 3.05) is 44.9 Å². The molecule has 0 saturated heterocycles. The average Bonchev–Trinajstić information content (AvgIpc) is 3.15. The fourth-order valence-electron chi connectivity index (χ4n) is 2.69. The van der Waals surface area contributed by atoms with Crippen LogP contribution in [0.25, 0.3) is 0 Å². The van der Waals surface area contributed by atoms with E-state index in [0.29, 0.717) is 24.5 Å². The van der Waals surface area contributed by atoms with Crippen LogP contribution < -0.4 is 16.0 Å². The molecule has 10 nitrogen and oxygen atoms in total. The molecule has 2 rings (SSSR count). The number of pyridine rings is 1. The molecule has 0 aromatic carbocycles. The summed E-state index contributed by atoms with van der Waals surface area (Å²) in [5.74, 6) is -0.414. The van der Waals surface area contributed by atoms with Gasteiger partial charge in [0.15, 0.2) is 0 Å². The van der Waals surface area contributed by atoms with Crippen LogP contribution in [0.5, 0.6) is 0 Å². The number of anilines is 2. The summed E-state index contributed by atoms with van der Waals surface area (Å²) < 4.78 is 5.25. The van der Waals surface area contributed by atoms with Gasteiger partial charge in [0, 0.05) is 43.6 Å². The summed E-state index contributed by atoms with van der Waals surface area (Å²) in [7, 11) is 5.48. The molecule has 0 radical (unpaired) electrons. The summed E-state index contributed by atoms with van der Waals surface area (Å²) in [5.41, 5.74) is 1.29. The molecule has 4 amide bonds. The van der Waals surface area contributed by atoms with Gasteiger partial charge >= 0.3 is 12.1 Å². The highest BCUT2D eigenvalue weighted by Crippen LogP contribution is 2.27. The summed E-state index contributed by atoms with van der Waals surface area (Å²) in [6.07, 6.45) is 0.974. The lowest BCUT2D eigenvalue weighted by molar-refractivity contribution is 0.0635. The summed E-state index contributed by atoms with van der Waals surface area (Å²) >= 11 is 1.33. The summed E-state index contributed by atoms with van der Waals surface area (Å²) in [4.78, 5) is 44.7. The standard InChI is InChI=1S/C22H32N6O4S/c1-22(2,3)32-21(31)26-18-14-33-13-17(18)25-19(29)16-8-7-15(11-24-16)12-28(20(30)23-4)10-9-27(5)6/h7-8,11,13-14H,9-10,12H2,1-6H3,(H,23,30)(H,25,29)(H,26,31). The van der Waals surface area contributed by atoms with E-state index in [4.69, 9.17) is 4.74 Å². The summed E-state index contributed by atoms with van der Waals surface area (Å²) in [6, 6.07) is 3.19. The Labute approximate surface area is 198 Å². The van der Waals surface area contributed by atoms with Crippen molar-refractivity contribution >= 4 is 40.7 Å².